The number of nitro benzene ring substituents is 1. The van der Waals surface area contributed by atoms with Crippen LogP contribution >= 0.6 is 34.8 Å². The Bertz CT molecular complexity index is 1450. The van der Waals surface area contributed by atoms with E-state index < -0.39 is 20.9 Å². The normalized spacial score (nSPS) is 22.9. The molecule has 234 valence electrons. The lowest BCUT2D eigenvalue weighted by molar-refractivity contribution is -0.384. The number of nitrogens with one attached hydrogen (secondary N) is 1. The van der Waals surface area contributed by atoms with Crippen LogP contribution < -0.4 is 10.2 Å². The molecule has 4 atom stereocenters. The molecule has 3 aromatic rings. The lowest BCUT2D eigenvalue weighted by Gasteiger charge is -2.44. The Morgan fingerprint density at radius 3 is 2.30 bits per heavy atom. The first-order chi connectivity index (χ1) is 21.0. The van der Waals surface area contributed by atoms with Gasteiger partial charge in [-0.1, -0.05) is 78.1 Å². The molecule has 0 aromatic heterocycles. The van der Waals surface area contributed by atoms with Crippen molar-refractivity contribution in [2.24, 2.45) is 5.92 Å². The number of ether oxygens (including phenoxy) is 2. The van der Waals surface area contributed by atoms with Crippen molar-refractivity contribution in [3.63, 3.8) is 0 Å². The van der Waals surface area contributed by atoms with E-state index in [1.165, 1.54) is 12.1 Å². The molecule has 44 heavy (non-hydrogen) atoms. The molecule has 0 bridgehead atoms. The van der Waals surface area contributed by atoms with Gasteiger partial charge in [0.2, 0.25) is 0 Å². The van der Waals surface area contributed by atoms with E-state index in [2.05, 4.69) is 22.0 Å². The maximum Gasteiger partial charge on any atom is 0.276 e. The van der Waals surface area contributed by atoms with Gasteiger partial charge in [-0.05, 0) is 35.4 Å². The summed E-state index contributed by atoms with van der Waals surface area (Å²) in [6, 6.07) is 21.4. The molecule has 2 aliphatic rings. The van der Waals surface area contributed by atoms with Crippen molar-refractivity contribution in [1.29, 1.82) is 0 Å². The van der Waals surface area contributed by atoms with Crippen LogP contribution in [0, 0.1) is 16.0 Å². The van der Waals surface area contributed by atoms with Gasteiger partial charge in [-0.2, -0.15) is 0 Å². The van der Waals surface area contributed by atoms with Gasteiger partial charge in [0, 0.05) is 67.7 Å². The van der Waals surface area contributed by atoms with Gasteiger partial charge in [0.05, 0.1) is 23.7 Å². The zero-order chi connectivity index (χ0) is 31.4. The van der Waals surface area contributed by atoms with Crippen LogP contribution in [0.5, 0.6) is 0 Å². The van der Waals surface area contributed by atoms with Gasteiger partial charge < -0.3 is 24.8 Å². The fraction of sp³-hybridized carbons (Fsp3) is 0.387. The minimum Gasteiger partial charge on any atom is -0.392 e. The number of alkyl halides is 3. The molecule has 2 N–H and O–H groups in total. The maximum atomic E-state index is 12.3. The van der Waals surface area contributed by atoms with Crippen LogP contribution in [-0.4, -0.2) is 63.5 Å². The van der Waals surface area contributed by atoms with E-state index in [0.29, 0.717) is 17.8 Å². The molecule has 0 aliphatic carbocycles. The first-order valence-electron chi connectivity index (χ1n) is 14.2. The van der Waals surface area contributed by atoms with E-state index in [-0.39, 0.29) is 30.4 Å². The molecular weight excluding hydrogens is 631 g/mol. The van der Waals surface area contributed by atoms with E-state index in [0.717, 1.165) is 43.0 Å². The van der Waals surface area contributed by atoms with Crippen molar-refractivity contribution in [3.05, 3.63) is 99.6 Å². The Morgan fingerprint density at radius 1 is 1.00 bits per heavy atom. The Balaban J connectivity index is 1.32. The standard InChI is InChI=1S/C31H33Cl3N4O6/c1-20-27(18-36-13-15-37(16-14-36)25-9-11-26(12-10-25)38(41)42)43-29(44-28(20)22-7-5-21(19-39)6-8-22)23-3-2-4-24(17-23)35-30(40)31(32,33)34/h2-12,17,20,27-29,39H,13-16,18-19H2,1H3,(H,35,40)/t20-,27+,28+,29+/m0/s1. The van der Waals surface area contributed by atoms with Crippen LogP contribution in [0.2, 0.25) is 0 Å². The Labute approximate surface area is 270 Å². The molecule has 13 heteroatoms. The molecule has 0 unspecified atom stereocenters. The average Bonchev–Trinajstić information content (AvgIpc) is 3.02. The van der Waals surface area contributed by atoms with Crippen LogP contribution in [-0.2, 0) is 20.9 Å². The van der Waals surface area contributed by atoms with Gasteiger partial charge in [0.25, 0.3) is 15.4 Å². The molecule has 2 aliphatic heterocycles. The number of hydrogen-bond acceptors (Lipinski definition) is 8. The number of amides is 1. The summed E-state index contributed by atoms with van der Waals surface area (Å²) in [7, 11) is 0. The largest absolute Gasteiger partial charge is 0.392 e. The minimum atomic E-state index is -2.11. The SMILES string of the molecule is C[C@H]1[C@@H](CN2CCN(c3ccc([N+](=O)[O-])cc3)CC2)O[C@@H](c2cccc(NC(=O)C(Cl)(Cl)Cl)c2)O[C@H]1c1ccc(CO)cc1. The number of carbonyl (C=O) groups is 1. The predicted octanol–water partition coefficient (Wildman–Crippen LogP) is 6.01. The monoisotopic (exact) mass is 662 g/mol. The van der Waals surface area contributed by atoms with Crippen molar-refractivity contribution in [1.82, 2.24) is 4.90 Å². The van der Waals surface area contributed by atoms with Gasteiger partial charge >= 0.3 is 0 Å². The summed E-state index contributed by atoms with van der Waals surface area (Å²) >= 11 is 17.2. The van der Waals surface area contributed by atoms with Gasteiger partial charge in [-0.15, -0.1) is 0 Å². The molecular formula is C31H33Cl3N4O6. The van der Waals surface area contributed by atoms with E-state index in [1.54, 1.807) is 30.3 Å². The summed E-state index contributed by atoms with van der Waals surface area (Å²) < 4.78 is 11.0. The highest BCUT2D eigenvalue weighted by Gasteiger charge is 2.40. The summed E-state index contributed by atoms with van der Waals surface area (Å²) in [5, 5.41) is 23.2. The summed E-state index contributed by atoms with van der Waals surface area (Å²) in [6.45, 7) is 5.87. The second kappa shape index (κ2) is 14.0. The third-order valence-electron chi connectivity index (χ3n) is 8.03. The van der Waals surface area contributed by atoms with E-state index in [1.807, 2.05) is 30.3 Å². The quantitative estimate of drug-likeness (QED) is 0.171. The summed E-state index contributed by atoms with van der Waals surface area (Å²) in [5.41, 5.74) is 3.95. The van der Waals surface area contributed by atoms with Crippen molar-refractivity contribution in [3.8, 4) is 0 Å². The molecule has 10 nitrogen and oxygen atoms in total. The average molecular weight is 664 g/mol. The van der Waals surface area contributed by atoms with Crippen LogP contribution in [0.4, 0.5) is 17.1 Å². The molecule has 1 amide bonds. The lowest BCUT2D eigenvalue weighted by Crippen LogP contribution is -2.51. The second-order valence-electron chi connectivity index (χ2n) is 11.0. The van der Waals surface area contributed by atoms with Crippen LogP contribution in [0.25, 0.3) is 0 Å². The number of aliphatic hydroxyl groups is 1. The highest BCUT2D eigenvalue weighted by atomic mass is 35.6. The highest BCUT2D eigenvalue weighted by molar-refractivity contribution is 6.76. The molecule has 2 heterocycles. The number of piperazine rings is 1. The van der Waals surface area contributed by atoms with Gasteiger partial charge in [-0.25, -0.2) is 0 Å². The highest BCUT2D eigenvalue weighted by Crippen LogP contribution is 2.42. The molecule has 5 rings (SSSR count). The Morgan fingerprint density at radius 2 is 1.68 bits per heavy atom. The Hall–Kier alpha value is -2.96. The predicted molar refractivity (Wildman–Crippen MR) is 170 cm³/mol. The zero-order valence-electron chi connectivity index (χ0n) is 23.9. The summed E-state index contributed by atoms with van der Waals surface area (Å²) in [4.78, 5) is 27.5. The minimum absolute atomic E-state index is 0.00817. The van der Waals surface area contributed by atoms with Crippen molar-refractivity contribution in [2.75, 3.05) is 42.9 Å². The third kappa shape index (κ3) is 7.81. The van der Waals surface area contributed by atoms with Crippen molar-refractivity contribution < 1.29 is 24.3 Å². The molecule has 2 fully saturated rings. The topological polar surface area (TPSA) is 117 Å². The maximum absolute atomic E-state index is 12.3. The zero-order valence-corrected chi connectivity index (χ0v) is 26.2. The van der Waals surface area contributed by atoms with Crippen LogP contribution in [0.3, 0.4) is 0 Å². The van der Waals surface area contributed by atoms with Crippen molar-refractivity contribution in [2.45, 2.75) is 35.8 Å². The molecule has 0 radical (unpaired) electrons. The number of aliphatic hydroxyl groups excluding tert-OH is 1. The summed E-state index contributed by atoms with van der Waals surface area (Å²) in [5.74, 6) is -0.780. The van der Waals surface area contributed by atoms with Gasteiger partial charge in [-0.3, -0.25) is 19.8 Å². The number of nitro groups is 1. The summed E-state index contributed by atoms with van der Waals surface area (Å²) in [6.07, 6.45) is -1.22. The van der Waals surface area contributed by atoms with Gasteiger partial charge in [0.1, 0.15) is 0 Å². The number of anilines is 2. The van der Waals surface area contributed by atoms with Crippen LogP contribution in [0.15, 0.2) is 72.8 Å². The lowest BCUT2D eigenvalue weighted by atomic mass is 9.90. The smallest absolute Gasteiger partial charge is 0.276 e. The second-order valence-corrected chi connectivity index (χ2v) is 13.2. The van der Waals surface area contributed by atoms with Crippen LogP contribution in [0.1, 0.15) is 36.0 Å². The van der Waals surface area contributed by atoms with Gasteiger partial charge in [0.15, 0.2) is 6.29 Å². The number of non-ortho nitro benzene ring substituents is 1. The third-order valence-corrected chi connectivity index (χ3v) is 8.55. The number of hydrogen-bond donors (Lipinski definition) is 2. The molecule has 0 saturated carbocycles. The number of halogens is 3. The Kier molecular flexibility index (Phi) is 10.3. The number of rotatable bonds is 8. The van der Waals surface area contributed by atoms with Crippen molar-refractivity contribution >= 4 is 57.8 Å². The fourth-order valence-corrected chi connectivity index (χ4v) is 5.66. The molecule has 0 spiro atoms. The first-order valence-corrected chi connectivity index (χ1v) is 15.4. The van der Waals surface area contributed by atoms with E-state index in [4.69, 9.17) is 44.3 Å². The number of benzene rings is 3. The first kappa shape index (κ1) is 32.4. The molecule has 2 saturated heterocycles. The van der Waals surface area contributed by atoms with E-state index >= 15 is 0 Å². The van der Waals surface area contributed by atoms with E-state index in [9.17, 15) is 20.0 Å². The fourth-order valence-electron chi connectivity index (χ4n) is 5.52. The number of carbonyl (C=O) groups excluding carboxylic acids is 1. The molecule has 3 aromatic carbocycles. The number of nitrogens with zero attached hydrogens (tertiary/aromatic N) is 3.